The highest BCUT2D eigenvalue weighted by atomic mass is 16.5. The van der Waals surface area contributed by atoms with E-state index >= 15 is 0 Å². The summed E-state index contributed by atoms with van der Waals surface area (Å²) in [6, 6.07) is 22.3. The lowest BCUT2D eigenvalue weighted by Crippen LogP contribution is -2.30. The van der Waals surface area contributed by atoms with Crippen molar-refractivity contribution in [3.63, 3.8) is 0 Å². The van der Waals surface area contributed by atoms with Gasteiger partial charge in [0.15, 0.2) is 6.61 Å². The first-order valence-electron chi connectivity index (χ1n) is 14.1. The maximum absolute atomic E-state index is 13.3. The van der Waals surface area contributed by atoms with Crippen LogP contribution in [0.1, 0.15) is 64.8 Å². The summed E-state index contributed by atoms with van der Waals surface area (Å²) in [7, 11) is 0. The van der Waals surface area contributed by atoms with Crippen LogP contribution in [0.5, 0.6) is 0 Å². The van der Waals surface area contributed by atoms with Gasteiger partial charge in [-0.05, 0) is 85.7 Å². The van der Waals surface area contributed by atoms with E-state index in [1.165, 1.54) is 34.7 Å². The van der Waals surface area contributed by atoms with Crippen molar-refractivity contribution in [1.29, 1.82) is 0 Å². The van der Waals surface area contributed by atoms with Crippen LogP contribution in [0.4, 0.5) is 11.4 Å². The number of benzene rings is 3. The average Bonchev–Trinajstić information content (AvgIpc) is 3.28. The molecule has 42 heavy (non-hydrogen) atoms. The number of nitrogens with one attached hydrogen (secondary N) is 1. The van der Waals surface area contributed by atoms with Crippen molar-refractivity contribution >= 4 is 41.0 Å². The van der Waals surface area contributed by atoms with Gasteiger partial charge in [-0.1, -0.05) is 37.3 Å². The largest absolute Gasteiger partial charge is 0.462 e. The van der Waals surface area contributed by atoms with Gasteiger partial charge in [-0.15, -0.1) is 0 Å². The van der Waals surface area contributed by atoms with Crippen LogP contribution in [-0.2, 0) is 23.9 Å². The van der Waals surface area contributed by atoms with E-state index in [0.29, 0.717) is 36.4 Å². The molecule has 1 saturated carbocycles. The zero-order chi connectivity index (χ0) is 29.6. The van der Waals surface area contributed by atoms with Crippen molar-refractivity contribution in [2.75, 3.05) is 23.4 Å². The molecule has 216 valence electrons. The van der Waals surface area contributed by atoms with E-state index in [9.17, 15) is 24.0 Å². The number of hydrogen-bond donors (Lipinski definition) is 1. The lowest BCUT2D eigenvalue weighted by Gasteiger charge is -2.28. The quantitative estimate of drug-likeness (QED) is 0.281. The fourth-order valence-corrected chi connectivity index (χ4v) is 5.59. The Morgan fingerprint density at radius 2 is 1.40 bits per heavy atom. The number of nitrogens with zero attached hydrogens (tertiary/aromatic N) is 1. The topological polar surface area (TPSA) is 119 Å². The molecule has 0 unspecified atom stereocenters. The van der Waals surface area contributed by atoms with Crippen molar-refractivity contribution in [2.45, 2.75) is 38.5 Å². The second kappa shape index (κ2) is 12.8. The molecule has 2 fully saturated rings. The maximum Gasteiger partial charge on any atom is 0.338 e. The summed E-state index contributed by atoms with van der Waals surface area (Å²) in [6.07, 6.45) is 2.87. The fraction of sp³-hybridized carbons (Fsp3) is 0.303. The highest BCUT2D eigenvalue weighted by Crippen LogP contribution is 2.45. The van der Waals surface area contributed by atoms with Gasteiger partial charge in [-0.25, -0.2) is 9.59 Å². The van der Waals surface area contributed by atoms with E-state index in [4.69, 9.17) is 9.47 Å². The average molecular weight is 569 g/mol. The van der Waals surface area contributed by atoms with Crippen molar-refractivity contribution in [1.82, 2.24) is 0 Å². The molecule has 0 bridgehead atoms. The summed E-state index contributed by atoms with van der Waals surface area (Å²) < 4.78 is 10.2. The number of ether oxygens (including phenoxy) is 2. The molecule has 3 aromatic rings. The molecule has 3 amide bonds. The molecule has 5 rings (SSSR count). The highest BCUT2D eigenvalue weighted by Gasteiger charge is 2.50. The molecule has 1 heterocycles. The number of fused-ring (bicyclic) bond motifs is 1. The summed E-state index contributed by atoms with van der Waals surface area (Å²) in [6.45, 7) is 1.71. The first-order chi connectivity index (χ1) is 20.4. The van der Waals surface area contributed by atoms with Gasteiger partial charge in [0.1, 0.15) is 0 Å². The summed E-state index contributed by atoms with van der Waals surface area (Å²) in [5, 5.41) is 2.60. The molecular weight excluding hydrogens is 536 g/mol. The van der Waals surface area contributed by atoms with Gasteiger partial charge in [0.05, 0.1) is 35.3 Å². The zero-order valence-corrected chi connectivity index (χ0v) is 23.3. The molecule has 1 aliphatic carbocycles. The summed E-state index contributed by atoms with van der Waals surface area (Å²) in [5.41, 5.74) is 2.58. The summed E-state index contributed by atoms with van der Waals surface area (Å²) in [5.74, 6) is -2.55. The second-order valence-corrected chi connectivity index (χ2v) is 10.5. The van der Waals surface area contributed by atoms with Crippen LogP contribution in [0.25, 0.3) is 0 Å². The van der Waals surface area contributed by atoms with Gasteiger partial charge in [0.2, 0.25) is 11.8 Å². The SMILES string of the molecule is CCCOC(=O)c1ccc(NC(=O)COC(=O)c2ccc(N3C(=O)[C@@H]4CC[C@@H](c5ccccc5)C[C@H]4C3=O)cc2)cc1. The normalized spacial score (nSPS) is 19.6. The Kier molecular flexibility index (Phi) is 8.76. The Hall–Kier alpha value is -4.79. The molecule has 1 N–H and O–H groups in total. The Bertz CT molecular complexity index is 1470. The number of hydrogen-bond acceptors (Lipinski definition) is 7. The molecular formula is C33H32N2O7. The van der Waals surface area contributed by atoms with Crippen LogP contribution in [0, 0.1) is 11.8 Å². The van der Waals surface area contributed by atoms with Gasteiger partial charge in [-0.3, -0.25) is 19.3 Å². The molecule has 9 heteroatoms. The van der Waals surface area contributed by atoms with E-state index in [-0.39, 0.29) is 35.1 Å². The molecule has 2 aliphatic rings. The Morgan fingerprint density at radius 3 is 2.07 bits per heavy atom. The molecule has 3 atom stereocenters. The lowest BCUT2D eigenvalue weighted by atomic mass is 9.73. The third kappa shape index (κ3) is 6.25. The first-order valence-corrected chi connectivity index (χ1v) is 14.1. The monoisotopic (exact) mass is 568 g/mol. The van der Waals surface area contributed by atoms with Gasteiger partial charge in [0, 0.05) is 5.69 Å². The molecule has 0 spiro atoms. The minimum Gasteiger partial charge on any atom is -0.462 e. The second-order valence-electron chi connectivity index (χ2n) is 10.5. The molecule has 0 aromatic heterocycles. The third-order valence-corrected chi connectivity index (χ3v) is 7.73. The highest BCUT2D eigenvalue weighted by molar-refractivity contribution is 6.22. The molecule has 9 nitrogen and oxygen atoms in total. The summed E-state index contributed by atoms with van der Waals surface area (Å²) >= 11 is 0. The number of carbonyl (C=O) groups is 5. The van der Waals surface area contributed by atoms with Gasteiger partial charge in [-0.2, -0.15) is 0 Å². The molecule has 1 saturated heterocycles. The van der Waals surface area contributed by atoms with Crippen molar-refractivity contribution < 1.29 is 33.4 Å². The van der Waals surface area contributed by atoms with E-state index < -0.39 is 24.5 Å². The standard InChI is InChI=1S/C33H32N2O7/c1-2-18-41-32(39)22-8-13-25(14-9-22)34-29(36)20-42-33(40)23-10-15-26(16-11-23)35-30(37)27-17-12-24(19-28(27)31(35)38)21-6-4-3-5-7-21/h3-11,13-16,24,27-28H,2,12,17-20H2,1H3,(H,34,36)/t24-,27-,28-/m1/s1. The van der Waals surface area contributed by atoms with Crippen LogP contribution >= 0.6 is 0 Å². The predicted octanol–water partition coefficient (Wildman–Crippen LogP) is 5.12. The van der Waals surface area contributed by atoms with Crippen LogP contribution in [0.15, 0.2) is 78.9 Å². The minimum atomic E-state index is -0.718. The Labute approximate surface area is 243 Å². The van der Waals surface area contributed by atoms with Gasteiger partial charge >= 0.3 is 11.9 Å². The van der Waals surface area contributed by atoms with Crippen LogP contribution in [0.3, 0.4) is 0 Å². The predicted molar refractivity (Wildman–Crippen MR) is 155 cm³/mol. The van der Waals surface area contributed by atoms with Gasteiger partial charge in [0.25, 0.3) is 5.91 Å². The van der Waals surface area contributed by atoms with E-state index in [2.05, 4.69) is 17.4 Å². The lowest BCUT2D eigenvalue weighted by molar-refractivity contribution is -0.122. The maximum atomic E-state index is 13.3. The smallest absolute Gasteiger partial charge is 0.338 e. The minimum absolute atomic E-state index is 0.183. The number of rotatable bonds is 9. The van der Waals surface area contributed by atoms with E-state index in [1.54, 1.807) is 24.3 Å². The fourth-order valence-electron chi connectivity index (χ4n) is 5.59. The van der Waals surface area contributed by atoms with Crippen LogP contribution in [-0.4, -0.2) is 42.9 Å². The summed E-state index contributed by atoms with van der Waals surface area (Å²) in [4.78, 5) is 64.5. The molecule has 3 aromatic carbocycles. The Morgan fingerprint density at radius 1 is 0.786 bits per heavy atom. The number of amides is 3. The Balaban J connectivity index is 1.14. The zero-order valence-electron chi connectivity index (χ0n) is 23.3. The van der Waals surface area contributed by atoms with Crippen molar-refractivity contribution in [2.24, 2.45) is 11.8 Å². The number of esters is 2. The van der Waals surface area contributed by atoms with Crippen LogP contribution in [0.2, 0.25) is 0 Å². The van der Waals surface area contributed by atoms with Crippen molar-refractivity contribution in [3.05, 3.63) is 95.6 Å². The molecule has 1 aliphatic heterocycles. The van der Waals surface area contributed by atoms with Crippen molar-refractivity contribution in [3.8, 4) is 0 Å². The van der Waals surface area contributed by atoms with Gasteiger partial charge < -0.3 is 14.8 Å². The third-order valence-electron chi connectivity index (χ3n) is 7.73. The molecule has 0 radical (unpaired) electrons. The van der Waals surface area contributed by atoms with Crippen LogP contribution < -0.4 is 10.2 Å². The number of carbonyl (C=O) groups excluding carboxylic acids is 5. The first kappa shape index (κ1) is 28.7. The number of imide groups is 1. The number of anilines is 2. The van der Waals surface area contributed by atoms with E-state index in [0.717, 1.165) is 12.8 Å². The van der Waals surface area contributed by atoms with E-state index in [1.807, 2.05) is 25.1 Å².